The first-order valence-electron chi connectivity index (χ1n) is 12.8. The number of benzene rings is 2. The van der Waals surface area contributed by atoms with Crippen LogP contribution < -0.4 is 16.1 Å². The summed E-state index contributed by atoms with van der Waals surface area (Å²) in [4.78, 5) is 39.6. The summed E-state index contributed by atoms with van der Waals surface area (Å²) in [6.45, 7) is 4.57. The summed E-state index contributed by atoms with van der Waals surface area (Å²) in [6, 6.07) is 19.9. The second-order valence-electron chi connectivity index (χ2n) is 10.1. The third-order valence-electron chi connectivity index (χ3n) is 6.98. The lowest BCUT2D eigenvalue weighted by Gasteiger charge is -2.38. The maximum Gasteiger partial charge on any atom is 0.256 e. The van der Waals surface area contributed by atoms with E-state index in [9.17, 15) is 14.4 Å². The Hall–Kier alpha value is -3.67. The number of hydrogen-bond donors (Lipinski definition) is 2. The molecule has 0 unspecified atom stereocenters. The second kappa shape index (κ2) is 11.4. The highest BCUT2D eigenvalue weighted by Gasteiger charge is 2.34. The van der Waals surface area contributed by atoms with Crippen LogP contribution in [0.5, 0.6) is 0 Å². The van der Waals surface area contributed by atoms with Gasteiger partial charge >= 0.3 is 0 Å². The van der Waals surface area contributed by atoms with Gasteiger partial charge < -0.3 is 15.2 Å². The largest absolute Gasteiger partial charge is 0.351 e. The Balaban J connectivity index is 1.64. The smallest absolute Gasteiger partial charge is 0.256 e. The minimum Gasteiger partial charge on any atom is -0.351 e. The van der Waals surface area contributed by atoms with Gasteiger partial charge in [-0.05, 0) is 37.8 Å². The van der Waals surface area contributed by atoms with Crippen molar-refractivity contribution in [2.75, 3.05) is 6.54 Å². The molecule has 2 aromatic carbocycles. The summed E-state index contributed by atoms with van der Waals surface area (Å²) in [6.07, 6.45) is 8.50. The van der Waals surface area contributed by atoms with Crippen LogP contribution >= 0.6 is 0 Å². The number of pyridine rings is 1. The summed E-state index contributed by atoms with van der Waals surface area (Å²) in [7, 11) is 0. The van der Waals surface area contributed by atoms with Gasteiger partial charge in [0.1, 0.15) is 11.1 Å². The zero-order valence-corrected chi connectivity index (χ0v) is 21.1. The van der Waals surface area contributed by atoms with Crippen molar-refractivity contribution in [1.82, 2.24) is 15.2 Å². The highest BCUT2D eigenvalue weighted by atomic mass is 16.2. The van der Waals surface area contributed by atoms with E-state index in [2.05, 4.69) is 22.8 Å². The van der Waals surface area contributed by atoms with Crippen LogP contribution in [0.4, 0.5) is 0 Å². The summed E-state index contributed by atoms with van der Waals surface area (Å²) in [5.74, 6) is -0.915. The number of rotatable bonds is 8. The molecule has 2 amide bonds. The Morgan fingerprint density at radius 1 is 0.861 bits per heavy atom. The van der Waals surface area contributed by atoms with Gasteiger partial charge in [-0.2, -0.15) is 0 Å². The van der Waals surface area contributed by atoms with Crippen LogP contribution in [0.25, 0.3) is 0 Å². The van der Waals surface area contributed by atoms with Crippen molar-refractivity contribution < 1.29 is 9.59 Å². The standard InChI is InChI=1S/C30H35N3O3/c1-22(2)32-29(36)26-20-33(18-23-12-6-3-7-13-23)19-25(27(26)34)28(35)31-21-30(16-10-5-11-17-30)24-14-8-4-9-15-24/h3-4,6-9,12-15,19-20,22H,5,10-11,16-18,21H2,1-2H3,(H,31,35)(H,32,36). The molecule has 3 aromatic rings. The van der Waals surface area contributed by atoms with Crippen molar-refractivity contribution in [2.24, 2.45) is 0 Å². The van der Waals surface area contributed by atoms with Gasteiger partial charge in [0.25, 0.3) is 11.8 Å². The van der Waals surface area contributed by atoms with Gasteiger partial charge in [-0.25, -0.2) is 0 Å². The van der Waals surface area contributed by atoms with Crippen molar-refractivity contribution >= 4 is 11.8 Å². The molecule has 1 aliphatic carbocycles. The monoisotopic (exact) mass is 485 g/mol. The fourth-order valence-corrected chi connectivity index (χ4v) is 5.11. The van der Waals surface area contributed by atoms with E-state index in [0.717, 1.165) is 31.2 Å². The van der Waals surface area contributed by atoms with Gasteiger partial charge in [0.15, 0.2) is 0 Å². The molecule has 4 rings (SSSR count). The van der Waals surface area contributed by atoms with E-state index in [0.29, 0.717) is 13.1 Å². The zero-order valence-electron chi connectivity index (χ0n) is 21.1. The van der Waals surface area contributed by atoms with E-state index in [1.807, 2.05) is 62.4 Å². The number of carbonyl (C=O) groups excluding carboxylic acids is 2. The third-order valence-corrected chi connectivity index (χ3v) is 6.98. The molecule has 0 radical (unpaired) electrons. The predicted molar refractivity (Wildman–Crippen MR) is 142 cm³/mol. The molecular formula is C30H35N3O3. The Morgan fingerprint density at radius 2 is 1.44 bits per heavy atom. The van der Waals surface area contributed by atoms with Crippen LogP contribution in [0.1, 0.15) is 77.8 Å². The molecular weight excluding hydrogens is 450 g/mol. The van der Waals surface area contributed by atoms with E-state index in [-0.39, 0.29) is 22.6 Å². The van der Waals surface area contributed by atoms with E-state index in [1.54, 1.807) is 10.8 Å². The Kier molecular flexibility index (Phi) is 8.04. The van der Waals surface area contributed by atoms with Crippen molar-refractivity contribution in [3.05, 3.63) is 106 Å². The van der Waals surface area contributed by atoms with Gasteiger partial charge in [0.05, 0.1) is 0 Å². The fraction of sp³-hybridized carbons (Fsp3) is 0.367. The molecule has 0 bridgehead atoms. The molecule has 1 aliphatic rings. The normalized spacial score (nSPS) is 14.9. The maximum absolute atomic E-state index is 13.4. The molecule has 0 spiro atoms. The molecule has 1 heterocycles. The molecule has 0 aliphatic heterocycles. The summed E-state index contributed by atoms with van der Waals surface area (Å²) in [5.41, 5.74) is 1.49. The van der Waals surface area contributed by atoms with Crippen molar-refractivity contribution in [3.63, 3.8) is 0 Å². The average Bonchev–Trinajstić information content (AvgIpc) is 2.89. The van der Waals surface area contributed by atoms with E-state index < -0.39 is 17.2 Å². The number of nitrogens with one attached hydrogen (secondary N) is 2. The average molecular weight is 486 g/mol. The molecule has 2 N–H and O–H groups in total. The molecule has 36 heavy (non-hydrogen) atoms. The topological polar surface area (TPSA) is 80.2 Å². The lowest BCUT2D eigenvalue weighted by Crippen LogP contribution is -2.44. The lowest BCUT2D eigenvalue weighted by atomic mass is 9.69. The molecule has 1 aromatic heterocycles. The quantitative estimate of drug-likeness (QED) is 0.487. The molecule has 6 heteroatoms. The van der Waals surface area contributed by atoms with Gasteiger partial charge in [-0.3, -0.25) is 14.4 Å². The third kappa shape index (κ3) is 5.93. The number of nitrogens with zero attached hydrogens (tertiary/aromatic N) is 1. The zero-order chi connectivity index (χ0) is 25.5. The van der Waals surface area contributed by atoms with Crippen LogP contribution in [0.3, 0.4) is 0 Å². The van der Waals surface area contributed by atoms with E-state index >= 15 is 0 Å². The first-order valence-corrected chi connectivity index (χ1v) is 12.8. The molecule has 188 valence electrons. The highest BCUT2D eigenvalue weighted by molar-refractivity contribution is 5.99. The second-order valence-corrected chi connectivity index (χ2v) is 10.1. The van der Waals surface area contributed by atoms with Gasteiger partial charge in [-0.15, -0.1) is 0 Å². The number of hydrogen-bond acceptors (Lipinski definition) is 3. The van der Waals surface area contributed by atoms with E-state index in [4.69, 9.17) is 0 Å². The Labute approximate surface area is 212 Å². The predicted octanol–water partition coefficient (Wildman–Crippen LogP) is 4.67. The van der Waals surface area contributed by atoms with Gasteiger partial charge in [-0.1, -0.05) is 79.9 Å². The van der Waals surface area contributed by atoms with Crippen LogP contribution in [0.2, 0.25) is 0 Å². The molecule has 6 nitrogen and oxygen atoms in total. The molecule has 1 saturated carbocycles. The molecule has 1 fully saturated rings. The van der Waals surface area contributed by atoms with Gasteiger partial charge in [0, 0.05) is 36.9 Å². The molecule has 0 atom stereocenters. The van der Waals surface area contributed by atoms with Crippen LogP contribution in [0, 0.1) is 0 Å². The van der Waals surface area contributed by atoms with Gasteiger partial charge in [0.2, 0.25) is 5.43 Å². The van der Waals surface area contributed by atoms with Crippen LogP contribution in [0.15, 0.2) is 77.9 Å². The SMILES string of the molecule is CC(C)NC(=O)c1cn(Cc2ccccc2)cc(C(=O)NCC2(c3ccccc3)CCCCC2)c1=O. The number of aromatic nitrogens is 1. The highest BCUT2D eigenvalue weighted by Crippen LogP contribution is 2.38. The maximum atomic E-state index is 13.4. The van der Waals surface area contributed by atoms with Crippen molar-refractivity contribution in [3.8, 4) is 0 Å². The van der Waals surface area contributed by atoms with Crippen molar-refractivity contribution in [1.29, 1.82) is 0 Å². The Bertz CT molecular complexity index is 1240. The van der Waals surface area contributed by atoms with Crippen LogP contribution in [-0.4, -0.2) is 29.0 Å². The molecule has 0 saturated heterocycles. The fourth-order valence-electron chi connectivity index (χ4n) is 5.11. The summed E-state index contributed by atoms with van der Waals surface area (Å²) >= 11 is 0. The summed E-state index contributed by atoms with van der Waals surface area (Å²) in [5, 5.41) is 5.85. The minimum atomic E-state index is -0.549. The Morgan fingerprint density at radius 3 is 2.06 bits per heavy atom. The van der Waals surface area contributed by atoms with E-state index in [1.165, 1.54) is 18.2 Å². The first-order chi connectivity index (χ1) is 17.4. The number of amides is 2. The summed E-state index contributed by atoms with van der Waals surface area (Å²) < 4.78 is 1.74. The van der Waals surface area contributed by atoms with Crippen molar-refractivity contribution in [2.45, 2.75) is 64.0 Å². The first kappa shape index (κ1) is 25.4. The number of carbonyl (C=O) groups is 2. The minimum absolute atomic E-state index is 0.0126. The lowest BCUT2D eigenvalue weighted by molar-refractivity contribution is 0.0934. The van der Waals surface area contributed by atoms with Crippen LogP contribution in [-0.2, 0) is 12.0 Å².